The molecule has 136 valence electrons. The zero-order chi connectivity index (χ0) is 17.9. The molecule has 0 radical (unpaired) electrons. The third-order valence-corrected chi connectivity index (χ3v) is 4.66. The first kappa shape index (κ1) is 18.9. The number of piperazine rings is 1. The molecule has 1 N–H and O–H groups in total. The average Bonchev–Trinajstić information content (AvgIpc) is 2.90. The number of aromatic nitrogens is 2. The lowest BCUT2D eigenvalue weighted by Crippen LogP contribution is -2.49. The van der Waals surface area contributed by atoms with Gasteiger partial charge in [0.15, 0.2) is 0 Å². The van der Waals surface area contributed by atoms with E-state index in [1.807, 2.05) is 25.5 Å². The molecule has 7 nitrogen and oxygen atoms in total. The molecule has 1 unspecified atom stereocenters. The number of aliphatic hydroxyl groups excluding tert-OH is 1. The van der Waals surface area contributed by atoms with Crippen molar-refractivity contribution in [1.82, 2.24) is 24.5 Å². The summed E-state index contributed by atoms with van der Waals surface area (Å²) in [4.78, 5) is 18.7. The molecular formula is C17H31N5O2. The number of likely N-dealkylation sites (N-methyl/N-ethyl adjacent to an activating group) is 2. The molecule has 1 fully saturated rings. The standard InChI is InChI=1S/C17H31N5O2/c1-13(2)22-14(3)16(10-18-22)17(24)20(5)11-15(23)12-21-8-6-19(4)7-9-21/h10,13,15,23H,6-9,11-12H2,1-5H3. The first-order valence-electron chi connectivity index (χ1n) is 8.68. The normalized spacial score (nSPS) is 18.1. The van der Waals surface area contributed by atoms with Crippen LogP contribution in [-0.2, 0) is 0 Å². The van der Waals surface area contributed by atoms with Crippen LogP contribution in [0, 0.1) is 6.92 Å². The fourth-order valence-electron chi connectivity index (χ4n) is 3.14. The Balaban J connectivity index is 1.89. The van der Waals surface area contributed by atoms with Crippen LogP contribution < -0.4 is 0 Å². The summed E-state index contributed by atoms with van der Waals surface area (Å²) < 4.78 is 1.85. The van der Waals surface area contributed by atoms with Gasteiger partial charge in [0.05, 0.1) is 17.9 Å². The van der Waals surface area contributed by atoms with Gasteiger partial charge in [0.2, 0.25) is 0 Å². The van der Waals surface area contributed by atoms with E-state index < -0.39 is 6.10 Å². The van der Waals surface area contributed by atoms with Gasteiger partial charge in [-0.3, -0.25) is 14.4 Å². The number of amides is 1. The molecule has 1 amide bonds. The minimum Gasteiger partial charge on any atom is -0.390 e. The molecular weight excluding hydrogens is 306 g/mol. The molecule has 0 aromatic carbocycles. The Morgan fingerprint density at radius 2 is 1.96 bits per heavy atom. The first-order chi connectivity index (χ1) is 11.3. The Kier molecular flexibility index (Phi) is 6.37. The second-order valence-electron chi connectivity index (χ2n) is 7.13. The van der Waals surface area contributed by atoms with Crippen molar-refractivity contribution in [3.63, 3.8) is 0 Å². The van der Waals surface area contributed by atoms with Gasteiger partial charge >= 0.3 is 0 Å². The lowest BCUT2D eigenvalue weighted by atomic mass is 10.2. The van der Waals surface area contributed by atoms with Gasteiger partial charge in [-0.1, -0.05) is 0 Å². The van der Waals surface area contributed by atoms with Crippen LogP contribution in [-0.4, -0.2) is 95.0 Å². The maximum Gasteiger partial charge on any atom is 0.257 e. The minimum atomic E-state index is -0.539. The van der Waals surface area contributed by atoms with Crippen molar-refractivity contribution >= 4 is 5.91 Å². The monoisotopic (exact) mass is 337 g/mol. The molecule has 24 heavy (non-hydrogen) atoms. The lowest BCUT2D eigenvalue weighted by molar-refractivity contribution is 0.0501. The Morgan fingerprint density at radius 3 is 2.50 bits per heavy atom. The molecule has 0 bridgehead atoms. The van der Waals surface area contributed by atoms with Gasteiger partial charge in [-0.15, -0.1) is 0 Å². The summed E-state index contributed by atoms with van der Waals surface area (Å²) in [6, 6.07) is 0.222. The van der Waals surface area contributed by atoms with Crippen LogP contribution in [0.4, 0.5) is 0 Å². The second-order valence-corrected chi connectivity index (χ2v) is 7.13. The van der Waals surface area contributed by atoms with Crippen molar-refractivity contribution in [1.29, 1.82) is 0 Å². The smallest absolute Gasteiger partial charge is 0.257 e. The van der Waals surface area contributed by atoms with Crippen molar-refractivity contribution in [3.8, 4) is 0 Å². The van der Waals surface area contributed by atoms with Crippen LogP contribution in [0.1, 0.15) is 35.9 Å². The molecule has 0 saturated carbocycles. The van der Waals surface area contributed by atoms with Crippen LogP contribution in [0.2, 0.25) is 0 Å². The second kappa shape index (κ2) is 8.09. The zero-order valence-electron chi connectivity index (χ0n) is 15.6. The molecule has 2 rings (SSSR count). The number of nitrogens with zero attached hydrogens (tertiary/aromatic N) is 5. The summed E-state index contributed by atoms with van der Waals surface area (Å²) in [6.07, 6.45) is 1.09. The predicted octanol–water partition coefficient (Wildman–Crippen LogP) is 0.453. The van der Waals surface area contributed by atoms with E-state index in [9.17, 15) is 9.90 Å². The van der Waals surface area contributed by atoms with E-state index in [0.717, 1.165) is 31.9 Å². The zero-order valence-corrected chi connectivity index (χ0v) is 15.6. The Hall–Kier alpha value is -1.44. The van der Waals surface area contributed by atoms with E-state index in [-0.39, 0.29) is 11.9 Å². The molecule has 0 aliphatic carbocycles. The largest absolute Gasteiger partial charge is 0.390 e. The average molecular weight is 337 g/mol. The van der Waals surface area contributed by atoms with Crippen LogP contribution >= 0.6 is 0 Å². The summed E-state index contributed by atoms with van der Waals surface area (Å²) >= 11 is 0. The van der Waals surface area contributed by atoms with E-state index in [4.69, 9.17) is 0 Å². The van der Waals surface area contributed by atoms with E-state index in [0.29, 0.717) is 18.7 Å². The Morgan fingerprint density at radius 1 is 1.33 bits per heavy atom. The maximum atomic E-state index is 12.6. The van der Waals surface area contributed by atoms with Crippen LogP contribution in [0.25, 0.3) is 0 Å². The molecule has 1 aliphatic rings. The fraction of sp³-hybridized carbons (Fsp3) is 0.765. The van der Waals surface area contributed by atoms with E-state index in [1.54, 1.807) is 18.1 Å². The van der Waals surface area contributed by atoms with E-state index in [2.05, 4.69) is 21.9 Å². The number of hydrogen-bond donors (Lipinski definition) is 1. The van der Waals surface area contributed by atoms with Crippen LogP contribution in [0.3, 0.4) is 0 Å². The first-order valence-corrected chi connectivity index (χ1v) is 8.68. The molecule has 1 aromatic heterocycles. The highest BCUT2D eigenvalue weighted by atomic mass is 16.3. The third-order valence-electron chi connectivity index (χ3n) is 4.66. The van der Waals surface area contributed by atoms with Gasteiger partial charge in [-0.25, -0.2) is 0 Å². The molecule has 1 aliphatic heterocycles. The number of β-amino-alcohol motifs (C(OH)–C–C–N with tert-alkyl or cyclic N) is 1. The molecule has 1 saturated heterocycles. The van der Waals surface area contributed by atoms with E-state index >= 15 is 0 Å². The lowest BCUT2D eigenvalue weighted by Gasteiger charge is -2.34. The number of carbonyl (C=O) groups is 1. The molecule has 1 aromatic rings. The van der Waals surface area contributed by atoms with Gasteiger partial charge in [0, 0.05) is 58.1 Å². The summed E-state index contributed by atoms with van der Waals surface area (Å²) in [6.45, 7) is 10.9. The van der Waals surface area contributed by atoms with Gasteiger partial charge in [-0.05, 0) is 27.8 Å². The highest BCUT2D eigenvalue weighted by Crippen LogP contribution is 2.14. The van der Waals surface area contributed by atoms with Crippen molar-refractivity contribution in [2.45, 2.75) is 32.9 Å². The fourth-order valence-corrected chi connectivity index (χ4v) is 3.14. The number of rotatable bonds is 6. The van der Waals surface area contributed by atoms with E-state index in [1.165, 1.54) is 0 Å². The molecule has 1 atom stereocenters. The topological polar surface area (TPSA) is 64.8 Å². The summed E-state index contributed by atoms with van der Waals surface area (Å²) in [5.41, 5.74) is 1.48. The Bertz CT molecular complexity index is 549. The third kappa shape index (κ3) is 4.55. The van der Waals surface area contributed by atoms with Gasteiger partial charge in [-0.2, -0.15) is 5.10 Å². The van der Waals surface area contributed by atoms with Gasteiger partial charge < -0.3 is 14.9 Å². The number of carbonyl (C=O) groups excluding carboxylic acids is 1. The summed E-state index contributed by atoms with van der Waals surface area (Å²) in [5.74, 6) is -0.0863. The molecule has 7 heteroatoms. The van der Waals surface area contributed by atoms with Crippen molar-refractivity contribution < 1.29 is 9.90 Å². The summed E-state index contributed by atoms with van der Waals surface area (Å²) in [7, 11) is 3.85. The van der Waals surface area contributed by atoms with Crippen molar-refractivity contribution in [2.24, 2.45) is 0 Å². The predicted molar refractivity (Wildman–Crippen MR) is 94.3 cm³/mol. The van der Waals surface area contributed by atoms with Crippen molar-refractivity contribution in [2.75, 3.05) is 53.4 Å². The molecule has 2 heterocycles. The van der Waals surface area contributed by atoms with Crippen LogP contribution in [0.5, 0.6) is 0 Å². The Labute approximate surface area is 144 Å². The van der Waals surface area contributed by atoms with Gasteiger partial charge in [0.25, 0.3) is 5.91 Å². The number of aliphatic hydroxyl groups is 1. The quantitative estimate of drug-likeness (QED) is 0.817. The highest BCUT2D eigenvalue weighted by Gasteiger charge is 2.22. The maximum absolute atomic E-state index is 12.6. The number of hydrogen-bond acceptors (Lipinski definition) is 5. The summed E-state index contributed by atoms with van der Waals surface area (Å²) in [5, 5.41) is 14.6. The minimum absolute atomic E-state index is 0.0863. The van der Waals surface area contributed by atoms with Gasteiger partial charge in [0.1, 0.15) is 0 Å². The van der Waals surface area contributed by atoms with Crippen LogP contribution in [0.15, 0.2) is 6.20 Å². The highest BCUT2D eigenvalue weighted by molar-refractivity contribution is 5.94. The van der Waals surface area contributed by atoms with Crippen molar-refractivity contribution in [3.05, 3.63) is 17.5 Å². The SMILES string of the molecule is Cc1c(C(=O)N(C)CC(O)CN2CCN(C)CC2)cnn1C(C)C. The molecule has 0 spiro atoms.